The van der Waals surface area contributed by atoms with E-state index in [1.165, 1.54) is 0 Å². The molecule has 0 saturated heterocycles. The number of nitrogens with one attached hydrogen (secondary N) is 1. The lowest BCUT2D eigenvalue weighted by Crippen LogP contribution is -2.40. The monoisotopic (exact) mass is 319 g/mol. The first-order chi connectivity index (χ1) is 9.15. The van der Waals surface area contributed by atoms with E-state index in [-0.39, 0.29) is 5.92 Å². The van der Waals surface area contributed by atoms with Crippen LogP contribution < -0.4 is 4.72 Å². The summed E-state index contributed by atoms with van der Waals surface area (Å²) in [6.45, 7) is 4.85. The standard InChI is InChI=1S/C13H18ClNO4S/c1-8(2)12(10-4-6-11(14)7-5-10)15-20(18,19)9(3)13(16)17/h4-9,12,15H,1-3H3,(H,16,17). The molecule has 112 valence electrons. The molecule has 0 aliphatic heterocycles. The maximum absolute atomic E-state index is 12.0. The maximum Gasteiger partial charge on any atom is 0.323 e. The molecule has 7 heteroatoms. The number of carbonyl (C=O) groups is 1. The van der Waals surface area contributed by atoms with Gasteiger partial charge in [-0.1, -0.05) is 37.6 Å². The van der Waals surface area contributed by atoms with Crippen molar-refractivity contribution in [3.63, 3.8) is 0 Å². The lowest BCUT2D eigenvalue weighted by atomic mass is 9.97. The molecule has 20 heavy (non-hydrogen) atoms. The lowest BCUT2D eigenvalue weighted by Gasteiger charge is -2.24. The van der Waals surface area contributed by atoms with Gasteiger partial charge in [-0.05, 0) is 30.5 Å². The van der Waals surface area contributed by atoms with E-state index in [4.69, 9.17) is 16.7 Å². The van der Waals surface area contributed by atoms with Gasteiger partial charge < -0.3 is 5.11 Å². The van der Waals surface area contributed by atoms with Crippen molar-refractivity contribution < 1.29 is 18.3 Å². The van der Waals surface area contributed by atoms with Gasteiger partial charge in [0.15, 0.2) is 5.25 Å². The number of carboxylic acid groups (broad SMARTS) is 1. The highest BCUT2D eigenvalue weighted by atomic mass is 35.5. The fourth-order valence-corrected chi connectivity index (χ4v) is 3.03. The average Bonchev–Trinajstić information content (AvgIpc) is 2.36. The Morgan fingerprint density at radius 3 is 2.10 bits per heavy atom. The summed E-state index contributed by atoms with van der Waals surface area (Å²) in [6.07, 6.45) is 0. The Bertz CT molecular complexity index is 569. The Kier molecular flexibility index (Phi) is 5.56. The van der Waals surface area contributed by atoms with Crippen LogP contribution in [0.4, 0.5) is 0 Å². The molecule has 0 amide bonds. The van der Waals surface area contributed by atoms with E-state index in [0.717, 1.165) is 12.5 Å². The molecule has 5 nitrogen and oxygen atoms in total. The van der Waals surface area contributed by atoms with Gasteiger partial charge in [0.25, 0.3) is 0 Å². The Hall–Kier alpha value is -1.11. The maximum atomic E-state index is 12.0. The minimum Gasteiger partial charge on any atom is -0.480 e. The van der Waals surface area contributed by atoms with Crippen LogP contribution in [0.15, 0.2) is 24.3 Å². The van der Waals surface area contributed by atoms with Crippen LogP contribution in [0.2, 0.25) is 5.02 Å². The Morgan fingerprint density at radius 1 is 1.20 bits per heavy atom. The summed E-state index contributed by atoms with van der Waals surface area (Å²) >= 11 is 5.80. The number of halogens is 1. The molecule has 0 aromatic heterocycles. The van der Waals surface area contributed by atoms with E-state index >= 15 is 0 Å². The Morgan fingerprint density at radius 2 is 1.70 bits per heavy atom. The molecule has 1 aromatic rings. The molecule has 1 rings (SSSR count). The van der Waals surface area contributed by atoms with Crippen LogP contribution in [0.1, 0.15) is 32.4 Å². The van der Waals surface area contributed by atoms with E-state index in [1.807, 2.05) is 13.8 Å². The number of hydrogen-bond donors (Lipinski definition) is 2. The van der Waals surface area contributed by atoms with Gasteiger partial charge >= 0.3 is 5.97 Å². The van der Waals surface area contributed by atoms with Gasteiger partial charge in [-0.15, -0.1) is 0 Å². The largest absolute Gasteiger partial charge is 0.480 e. The summed E-state index contributed by atoms with van der Waals surface area (Å²) in [7, 11) is -3.94. The number of carboxylic acids is 1. The first-order valence-electron chi connectivity index (χ1n) is 6.14. The molecule has 0 aliphatic rings. The van der Waals surface area contributed by atoms with Crippen LogP contribution in [0.25, 0.3) is 0 Å². The van der Waals surface area contributed by atoms with Gasteiger partial charge in [0.1, 0.15) is 0 Å². The molecule has 2 unspecified atom stereocenters. The molecule has 0 saturated carbocycles. The molecule has 0 bridgehead atoms. The summed E-state index contributed by atoms with van der Waals surface area (Å²) in [4.78, 5) is 10.8. The van der Waals surface area contributed by atoms with E-state index in [9.17, 15) is 13.2 Å². The highest BCUT2D eigenvalue weighted by Gasteiger charge is 2.31. The van der Waals surface area contributed by atoms with Gasteiger partial charge in [0, 0.05) is 11.1 Å². The molecule has 2 N–H and O–H groups in total. The highest BCUT2D eigenvalue weighted by Crippen LogP contribution is 2.24. The van der Waals surface area contributed by atoms with E-state index in [2.05, 4.69) is 4.72 Å². The predicted molar refractivity (Wildman–Crippen MR) is 78.2 cm³/mol. The van der Waals surface area contributed by atoms with Crippen molar-refractivity contribution in [3.05, 3.63) is 34.9 Å². The van der Waals surface area contributed by atoms with Crippen molar-refractivity contribution in [2.24, 2.45) is 5.92 Å². The fraction of sp³-hybridized carbons (Fsp3) is 0.462. The van der Waals surface area contributed by atoms with Gasteiger partial charge in [-0.2, -0.15) is 0 Å². The summed E-state index contributed by atoms with van der Waals surface area (Å²) in [5.41, 5.74) is 0.741. The molecule has 2 atom stereocenters. The van der Waals surface area contributed by atoms with Gasteiger partial charge in [-0.3, -0.25) is 4.79 Å². The Balaban J connectivity index is 3.05. The summed E-state index contributed by atoms with van der Waals surface area (Å²) in [6, 6.07) is 6.28. The summed E-state index contributed by atoms with van der Waals surface area (Å²) < 4.78 is 26.5. The molecule has 0 heterocycles. The van der Waals surface area contributed by atoms with Crippen LogP contribution in [-0.4, -0.2) is 24.7 Å². The average molecular weight is 320 g/mol. The minimum absolute atomic E-state index is 0.0352. The summed E-state index contributed by atoms with van der Waals surface area (Å²) in [5.74, 6) is -1.41. The zero-order valence-electron chi connectivity index (χ0n) is 11.5. The van der Waals surface area contributed by atoms with Crippen LogP contribution in [0, 0.1) is 5.92 Å². The first-order valence-corrected chi connectivity index (χ1v) is 8.07. The number of rotatable bonds is 6. The summed E-state index contributed by atoms with van der Waals surface area (Å²) in [5, 5.41) is 7.89. The molecule has 0 fully saturated rings. The van der Waals surface area contributed by atoms with Crippen molar-refractivity contribution in [2.45, 2.75) is 32.1 Å². The van der Waals surface area contributed by atoms with Crippen molar-refractivity contribution >= 4 is 27.6 Å². The van der Waals surface area contributed by atoms with Crippen LogP contribution in [-0.2, 0) is 14.8 Å². The lowest BCUT2D eigenvalue weighted by molar-refractivity contribution is -0.136. The highest BCUT2D eigenvalue weighted by molar-refractivity contribution is 7.90. The second-order valence-electron chi connectivity index (χ2n) is 4.92. The predicted octanol–water partition coefficient (Wildman–Crippen LogP) is 2.43. The van der Waals surface area contributed by atoms with Gasteiger partial charge in [-0.25, -0.2) is 13.1 Å². The normalized spacial score (nSPS) is 15.1. The second-order valence-corrected chi connectivity index (χ2v) is 7.39. The number of aliphatic carboxylic acids is 1. The quantitative estimate of drug-likeness (QED) is 0.843. The second kappa shape index (κ2) is 6.56. The number of hydrogen-bond acceptors (Lipinski definition) is 3. The van der Waals surface area contributed by atoms with E-state index < -0.39 is 27.3 Å². The number of benzene rings is 1. The van der Waals surface area contributed by atoms with Crippen LogP contribution >= 0.6 is 11.6 Å². The molecular formula is C13H18ClNO4S. The van der Waals surface area contributed by atoms with Crippen LogP contribution in [0.3, 0.4) is 0 Å². The van der Waals surface area contributed by atoms with Gasteiger partial charge in [0.2, 0.25) is 10.0 Å². The molecule has 0 aliphatic carbocycles. The van der Waals surface area contributed by atoms with Crippen molar-refractivity contribution in [1.29, 1.82) is 0 Å². The van der Waals surface area contributed by atoms with Crippen molar-refractivity contribution in [2.75, 3.05) is 0 Å². The van der Waals surface area contributed by atoms with E-state index in [1.54, 1.807) is 24.3 Å². The molecule has 0 radical (unpaired) electrons. The third kappa shape index (κ3) is 4.19. The zero-order valence-corrected chi connectivity index (χ0v) is 13.1. The minimum atomic E-state index is -3.94. The first kappa shape index (κ1) is 16.9. The van der Waals surface area contributed by atoms with Crippen LogP contribution in [0.5, 0.6) is 0 Å². The third-order valence-electron chi connectivity index (χ3n) is 3.00. The molecular weight excluding hydrogens is 302 g/mol. The molecule has 1 aromatic carbocycles. The SMILES string of the molecule is CC(C)C(NS(=O)(=O)C(C)C(=O)O)c1ccc(Cl)cc1. The topological polar surface area (TPSA) is 83.5 Å². The third-order valence-corrected chi connectivity index (χ3v) is 4.97. The zero-order chi connectivity index (χ0) is 15.5. The van der Waals surface area contributed by atoms with Gasteiger partial charge in [0.05, 0.1) is 0 Å². The van der Waals surface area contributed by atoms with E-state index in [0.29, 0.717) is 5.02 Å². The van der Waals surface area contributed by atoms with Crippen molar-refractivity contribution in [3.8, 4) is 0 Å². The van der Waals surface area contributed by atoms with Crippen molar-refractivity contribution in [1.82, 2.24) is 4.72 Å². The molecule has 0 spiro atoms. The number of sulfonamides is 1. The Labute approximate surface area is 124 Å². The smallest absolute Gasteiger partial charge is 0.323 e. The fourth-order valence-electron chi connectivity index (χ4n) is 1.67.